The molecule has 0 radical (unpaired) electrons. The lowest BCUT2D eigenvalue weighted by Gasteiger charge is -2.32. The Kier molecular flexibility index (Phi) is 9.75. The Morgan fingerprint density at radius 3 is 2.11 bits per heavy atom. The molecular weight excluding hydrogens is 486 g/mol. The summed E-state index contributed by atoms with van der Waals surface area (Å²) in [6, 6.07) is 13.6. The second-order valence-electron chi connectivity index (χ2n) is 9.84. The highest BCUT2D eigenvalue weighted by Gasteiger charge is 2.28. The molecule has 0 bridgehead atoms. The standard InChI is InChI=1S/C26H36ClN3O4S/c1-19-9-15-23(16-10-19)30(35(6,33)34)17-7-8-24(31)29(18-21-11-13-22(27)14-12-21)20(2)25(32)28-26(3,4)5/h9-16,20H,7-8,17-18H2,1-6H3,(H,28,32)/t20-/m0/s1. The van der Waals surface area contributed by atoms with Crippen molar-refractivity contribution >= 4 is 39.1 Å². The van der Waals surface area contributed by atoms with E-state index in [-0.39, 0.29) is 31.3 Å². The fourth-order valence-corrected chi connectivity index (χ4v) is 4.65. The maximum absolute atomic E-state index is 13.3. The van der Waals surface area contributed by atoms with Crippen LogP contribution in [0.15, 0.2) is 48.5 Å². The predicted octanol–water partition coefficient (Wildman–Crippen LogP) is 4.53. The third kappa shape index (κ3) is 9.18. The summed E-state index contributed by atoms with van der Waals surface area (Å²) in [4.78, 5) is 27.7. The quantitative estimate of drug-likeness (QED) is 0.497. The highest BCUT2D eigenvalue weighted by Crippen LogP contribution is 2.20. The summed E-state index contributed by atoms with van der Waals surface area (Å²) >= 11 is 5.99. The van der Waals surface area contributed by atoms with Gasteiger partial charge in [0.25, 0.3) is 0 Å². The molecule has 0 aromatic heterocycles. The summed E-state index contributed by atoms with van der Waals surface area (Å²) in [6.45, 7) is 9.67. The van der Waals surface area contributed by atoms with Gasteiger partial charge in [0.1, 0.15) is 6.04 Å². The van der Waals surface area contributed by atoms with Gasteiger partial charge in [-0.2, -0.15) is 0 Å². The molecule has 0 aliphatic heterocycles. The zero-order valence-corrected chi connectivity index (χ0v) is 22.9. The third-order valence-corrected chi connectivity index (χ3v) is 6.85. The zero-order chi connectivity index (χ0) is 26.4. The van der Waals surface area contributed by atoms with Crippen molar-refractivity contribution in [2.75, 3.05) is 17.1 Å². The van der Waals surface area contributed by atoms with Crippen molar-refractivity contribution in [2.45, 2.75) is 65.6 Å². The Morgan fingerprint density at radius 2 is 1.60 bits per heavy atom. The normalized spacial score (nSPS) is 12.7. The van der Waals surface area contributed by atoms with E-state index in [1.807, 2.05) is 52.0 Å². The molecule has 2 aromatic rings. The Labute approximate surface area is 214 Å². The number of carbonyl (C=O) groups excluding carboxylic acids is 2. The van der Waals surface area contributed by atoms with Crippen LogP contribution in [0.5, 0.6) is 0 Å². The van der Waals surface area contributed by atoms with Crippen LogP contribution < -0.4 is 9.62 Å². The smallest absolute Gasteiger partial charge is 0.242 e. The first-order chi connectivity index (χ1) is 16.2. The monoisotopic (exact) mass is 521 g/mol. The van der Waals surface area contributed by atoms with E-state index in [0.29, 0.717) is 17.1 Å². The number of anilines is 1. The molecule has 1 N–H and O–H groups in total. The molecule has 0 fully saturated rings. The van der Waals surface area contributed by atoms with E-state index < -0.39 is 21.6 Å². The third-order valence-electron chi connectivity index (χ3n) is 5.41. The molecule has 7 nitrogen and oxygen atoms in total. The van der Waals surface area contributed by atoms with Gasteiger partial charge in [-0.15, -0.1) is 0 Å². The fraction of sp³-hybridized carbons (Fsp3) is 0.462. The van der Waals surface area contributed by atoms with Crippen LogP contribution in [0.4, 0.5) is 5.69 Å². The van der Waals surface area contributed by atoms with E-state index in [2.05, 4.69) is 5.32 Å². The molecule has 2 amide bonds. The molecule has 35 heavy (non-hydrogen) atoms. The lowest BCUT2D eigenvalue weighted by atomic mass is 10.1. The maximum atomic E-state index is 13.3. The van der Waals surface area contributed by atoms with Crippen molar-refractivity contribution in [3.05, 3.63) is 64.7 Å². The van der Waals surface area contributed by atoms with E-state index in [4.69, 9.17) is 11.6 Å². The van der Waals surface area contributed by atoms with Gasteiger partial charge in [-0.3, -0.25) is 13.9 Å². The molecule has 0 saturated carbocycles. The lowest BCUT2D eigenvalue weighted by Crippen LogP contribution is -2.52. The van der Waals surface area contributed by atoms with Crippen LogP contribution in [0.2, 0.25) is 5.02 Å². The van der Waals surface area contributed by atoms with Crippen LogP contribution in [-0.2, 0) is 26.2 Å². The van der Waals surface area contributed by atoms with Crippen molar-refractivity contribution in [1.29, 1.82) is 0 Å². The van der Waals surface area contributed by atoms with Crippen LogP contribution in [-0.4, -0.2) is 49.5 Å². The number of hydrogen-bond donors (Lipinski definition) is 1. The Morgan fingerprint density at radius 1 is 1.03 bits per heavy atom. The van der Waals surface area contributed by atoms with Crippen LogP contribution in [0, 0.1) is 6.92 Å². The second kappa shape index (κ2) is 11.9. The van der Waals surface area contributed by atoms with E-state index in [1.54, 1.807) is 31.2 Å². The average Bonchev–Trinajstić information content (AvgIpc) is 2.74. The number of aryl methyl sites for hydroxylation is 1. The fourth-order valence-electron chi connectivity index (χ4n) is 3.56. The van der Waals surface area contributed by atoms with Crippen LogP contribution in [0.3, 0.4) is 0 Å². The van der Waals surface area contributed by atoms with E-state index in [9.17, 15) is 18.0 Å². The number of nitrogens with zero attached hydrogens (tertiary/aromatic N) is 2. The summed E-state index contributed by atoms with van der Waals surface area (Å²) in [5.74, 6) is -0.480. The number of sulfonamides is 1. The Bertz CT molecular complexity index is 1110. The average molecular weight is 522 g/mol. The van der Waals surface area contributed by atoms with Gasteiger partial charge < -0.3 is 10.2 Å². The number of halogens is 1. The molecule has 0 aliphatic rings. The van der Waals surface area contributed by atoms with E-state index >= 15 is 0 Å². The molecular formula is C26H36ClN3O4S. The predicted molar refractivity (Wildman–Crippen MR) is 142 cm³/mol. The number of rotatable bonds is 10. The first kappa shape index (κ1) is 28.7. The first-order valence-electron chi connectivity index (χ1n) is 11.6. The zero-order valence-electron chi connectivity index (χ0n) is 21.3. The first-order valence-corrected chi connectivity index (χ1v) is 13.8. The van der Waals surface area contributed by atoms with Gasteiger partial charge in [-0.05, 0) is 70.9 Å². The van der Waals surface area contributed by atoms with Crippen LogP contribution >= 0.6 is 11.6 Å². The van der Waals surface area contributed by atoms with Gasteiger partial charge in [0, 0.05) is 30.1 Å². The molecule has 0 saturated heterocycles. The minimum absolute atomic E-state index is 0.0958. The largest absolute Gasteiger partial charge is 0.350 e. The number of benzene rings is 2. The van der Waals surface area contributed by atoms with Crippen molar-refractivity contribution < 1.29 is 18.0 Å². The van der Waals surface area contributed by atoms with Gasteiger partial charge in [0.15, 0.2) is 0 Å². The highest BCUT2D eigenvalue weighted by atomic mass is 35.5. The molecule has 2 aromatic carbocycles. The summed E-state index contributed by atoms with van der Waals surface area (Å²) in [6.07, 6.45) is 1.56. The highest BCUT2D eigenvalue weighted by molar-refractivity contribution is 7.92. The summed E-state index contributed by atoms with van der Waals surface area (Å²) in [5.41, 5.74) is 1.99. The van der Waals surface area contributed by atoms with Crippen LogP contribution in [0.1, 0.15) is 51.7 Å². The van der Waals surface area contributed by atoms with E-state index in [0.717, 1.165) is 17.4 Å². The van der Waals surface area contributed by atoms with Gasteiger partial charge in [0.05, 0.1) is 11.9 Å². The Hall–Kier alpha value is -2.58. The molecule has 2 rings (SSSR count). The maximum Gasteiger partial charge on any atom is 0.242 e. The molecule has 1 atom stereocenters. The van der Waals surface area contributed by atoms with Crippen LogP contribution in [0.25, 0.3) is 0 Å². The minimum Gasteiger partial charge on any atom is -0.350 e. The summed E-state index contributed by atoms with van der Waals surface area (Å²) < 4.78 is 26.1. The topological polar surface area (TPSA) is 86.8 Å². The molecule has 192 valence electrons. The molecule has 9 heteroatoms. The minimum atomic E-state index is -3.52. The number of amides is 2. The number of carbonyl (C=O) groups is 2. The molecule has 0 aliphatic carbocycles. The van der Waals surface area contributed by atoms with Crippen molar-refractivity contribution in [3.8, 4) is 0 Å². The van der Waals surface area contributed by atoms with Crippen molar-refractivity contribution in [3.63, 3.8) is 0 Å². The van der Waals surface area contributed by atoms with Crippen molar-refractivity contribution in [1.82, 2.24) is 10.2 Å². The van der Waals surface area contributed by atoms with Gasteiger partial charge >= 0.3 is 0 Å². The van der Waals surface area contributed by atoms with Gasteiger partial charge in [-0.1, -0.05) is 41.4 Å². The SMILES string of the molecule is Cc1ccc(N(CCCC(=O)N(Cc2ccc(Cl)cc2)[C@@H](C)C(=O)NC(C)(C)C)S(C)(=O)=O)cc1. The second-order valence-corrected chi connectivity index (χ2v) is 12.2. The lowest BCUT2D eigenvalue weighted by molar-refractivity contribution is -0.141. The van der Waals surface area contributed by atoms with Gasteiger partial charge in [-0.25, -0.2) is 8.42 Å². The summed E-state index contributed by atoms with van der Waals surface area (Å²) in [7, 11) is -3.52. The van der Waals surface area contributed by atoms with Crippen molar-refractivity contribution in [2.24, 2.45) is 0 Å². The number of nitrogens with one attached hydrogen (secondary N) is 1. The molecule has 0 heterocycles. The molecule has 0 spiro atoms. The molecule has 0 unspecified atom stereocenters. The Balaban J connectivity index is 2.17. The summed E-state index contributed by atoms with van der Waals surface area (Å²) in [5, 5.41) is 3.51. The van der Waals surface area contributed by atoms with E-state index in [1.165, 1.54) is 9.21 Å². The van der Waals surface area contributed by atoms with Gasteiger partial charge in [0.2, 0.25) is 21.8 Å². The number of hydrogen-bond acceptors (Lipinski definition) is 4.